The number of rotatable bonds is 8. The molecule has 0 amide bonds. The molecule has 1 N–H and O–H groups in total. The minimum absolute atomic E-state index is 0.0660. The van der Waals surface area contributed by atoms with Gasteiger partial charge in [0.2, 0.25) is 5.82 Å². The van der Waals surface area contributed by atoms with E-state index in [1.54, 1.807) is 18.2 Å². The molecule has 1 aliphatic rings. The van der Waals surface area contributed by atoms with Gasteiger partial charge in [-0.1, -0.05) is 12.1 Å². The molecule has 2 aromatic carbocycles. The molecule has 3 nitrogen and oxygen atoms in total. The van der Waals surface area contributed by atoms with E-state index in [2.05, 4.69) is 6.58 Å². The summed E-state index contributed by atoms with van der Waals surface area (Å²) in [6.07, 6.45) is 5.29. The van der Waals surface area contributed by atoms with Crippen LogP contribution in [0.5, 0.6) is 11.5 Å². The minimum atomic E-state index is -1.26. The van der Waals surface area contributed by atoms with Gasteiger partial charge in [0, 0.05) is 11.6 Å². The summed E-state index contributed by atoms with van der Waals surface area (Å²) < 4.78 is 52.9. The summed E-state index contributed by atoms with van der Waals surface area (Å²) in [4.78, 5) is 0. The van der Waals surface area contributed by atoms with E-state index in [-0.39, 0.29) is 30.0 Å². The number of hydrogen-bond acceptors (Lipinski definition) is 3. The van der Waals surface area contributed by atoms with Crippen LogP contribution < -0.4 is 4.74 Å². The SMILES string of the molecule is C=CCCOc1ccc(C2CCC(OCc3ccc(O)c(F)c3F)CC2)c(F)c1. The molecule has 0 spiro atoms. The van der Waals surface area contributed by atoms with Crippen LogP contribution in [0, 0.1) is 17.5 Å². The topological polar surface area (TPSA) is 38.7 Å². The number of phenolic OH excluding ortho intramolecular Hbond substituents is 1. The summed E-state index contributed by atoms with van der Waals surface area (Å²) >= 11 is 0. The standard InChI is InChI=1S/C23H25F3O3/c1-2-3-12-28-18-9-10-19(20(24)13-18)15-4-7-17(8-5-15)29-14-16-6-11-21(27)23(26)22(16)25/h2,6,9-11,13,15,17,27H,1,3-5,7-8,12,14H2. The van der Waals surface area contributed by atoms with Gasteiger partial charge in [0.15, 0.2) is 11.6 Å². The lowest BCUT2D eigenvalue weighted by Crippen LogP contribution is -2.21. The van der Waals surface area contributed by atoms with Crippen molar-refractivity contribution >= 4 is 0 Å². The molecular formula is C23H25F3O3. The van der Waals surface area contributed by atoms with Crippen LogP contribution in [0.2, 0.25) is 0 Å². The molecule has 0 aliphatic heterocycles. The molecule has 1 saturated carbocycles. The van der Waals surface area contributed by atoms with Crippen molar-refractivity contribution in [3.05, 3.63) is 71.6 Å². The molecule has 2 aromatic rings. The fraction of sp³-hybridized carbons (Fsp3) is 0.391. The van der Waals surface area contributed by atoms with E-state index < -0.39 is 17.4 Å². The first-order chi connectivity index (χ1) is 14.0. The van der Waals surface area contributed by atoms with Gasteiger partial charge in [0.05, 0.1) is 19.3 Å². The Bertz CT molecular complexity index is 846. The Balaban J connectivity index is 1.51. The van der Waals surface area contributed by atoms with Crippen LogP contribution in [-0.2, 0) is 11.3 Å². The van der Waals surface area contributed by atoms with Gasteiger partial charge in [-0.05, 0) is 61.8 Å². The highest BCUT2D eigenvalue weighted by molar-refractivity contribution is 5.32. The Morgan fingerprint density at radius 2 is 1.79 bits per heavy atom. The normalized spacial score (nSPS) is 19.1. The molecule has 0 unspecified atom stereocenters. The molecule has 3 rings (SSSR count). The molecule has 6 heteroatoms. The molecule has 1 fully saturated rings. The smallest absolute Gasteiger partial charge is 0.200 e. The maximum absolute atomic E-state index is 14.5. The number of ether oxygens (including phenoxy) is 2. The van der Waals surface area contributed by atoms with E-state index >= 15 is 0 Å². The second-order valence-corrected chi connectivity index (χ2v) is 7.27. The van der Waals surface area contributed by atoms with Crippen molar-refractivity contribution in [3.63, 3.8) is 0 Å². The van der Waals surface area contributed by atoms with Gasteiger partial charge in [0.25, 0.3) is 0 Å². The summed E-state index contributed by atoms with van der Waals surface area (Å²) in [5.41, 5.74) is 0.742. The Labute approximate surface area is 168 Å². The van der Waals surface area contributed by atoms with E-state index in [0.29, 0.717) is 37.2 Å². The van der Waals surface area contributed by atoms with Gasteiger partial charge in [-0.25, -0.2) is 8.78 Å². The molecule has 0 atom stereocenters. The lowest BCUT2D eigenvalue weighted by atomic mass is 9.82. The first-order valence-electron chi connectivity index (χ1n) is 9.80. The third-order valence-corrected chi connectivity index (χ3v) is 5.29. The number of hydrogen-bond donors (Lipinski definition) is 1. The van der Waals surface area contributed by atoms with Crippen molar-refractivity contribution in [2.75, 3.05) is 6.61 Å². The third-order valence-electron chi connectivity index (χ3n) is 5.29. The van der Waals surface area contributed by atoms with E-state index in [1.807, 2.05) is 0 Å². The fourth-order valence-electron chi connectivity index (χ4n) is 3.63. The van der Waals surface area contributed by atoms with E-state index in [4.69, 9.17) is 9.47 Å². The van der Waals surface area contributed by atoms with E-state index in [1.165, 1.54) is 12.1 Å². The van der Waals surface area contributed by atoms with Gasteiger partial charge in [-0.15, -0.1) is 6.58 Å². The Morgan fingerprint density at radius 3 is 2.48 bits per heavy atom. The molecule has 29 heavy (non-hydrogen) atoms. The molecule has 0 bridgehead atoms. The fourth-order valence-corrected chi connectivity index (χ4v) is 3.63. The molecule has 156 valence electrons. The van der Waals surface area contributed by atoms with Crippen LogP contribution in [0.4, 0.5) is 13.2 Å². The zero-order valence-electron chi connectivity index (χ0n) is 16.2. The molecule has 0 aromatic heterocycles. The Kier molecular flexibility index (Phi) is 7.20. The van der Waals surface area contributed by atoms with Crippen molar-refractivity contribution in [3.8, 4) is 11.5 Å². The Morgan fingerprint density at radius 1 is 1.03 bits per heavy atom. The van der Waals surface area contributed by atoms with Crippen molar-refractivity contribution in [1.29, 1.82) is 0 Å². The second kappa shape index (κ2) is 9.83. The van der Waals surface area contributed by atoms with Crippen LogP contribution in [0.1, 0.15) is 49.1 Å². The van der Waals surface area contributed by atoms with Gasteiger partial charge < -0.3 is 14.6 Å². The van der Waals surface area contributed by atoms with Crippen molar-refractivity contribution in [2.45, 2.75) is 50.7 Å². The highest BCUT2D eigenvalue weighted by Crippen LogP contribution is 2.36. The summed E-state index contributed by atoms with van der Waals surface area (Å²) in [5.74, 6) is -2.73. The lowest BCUT2D eigenvalue weighted by molar-refractivity contribution is 0.0116. The largest absolute Gasteiger partial charge is 0.505 e. The lowest BCUT2D eigenvalue weighted by Gasteiger charge is -2.29. The predicted molar refractivity (Wildman–Crippen MR) is 105 cm³/mol. The number of halogens is 3. The van der Waals surface area contributed by atoms with Gasteiger partial charge >= 0.3 is 0 Å². The third kappa shape index (κ3) is 5.32. The first-order valence-corrected chi connectivity index (χ1v) is 9.80. The maximum Gasteiger partial charge on any atom is 0.200 e. The number of aromatic hydroxyl groups is 1. The monoisotopic (exact) mass is 406 g/mol. The average Bonchev–Trinajstić information content (AvgIpc) is 2.72. The molecular weight excluding hydrogens is 381 g/mol. The van der Waals surface area contributed by atoms with Crippen LogP contribution in [0.3, 0.4) is 0 Å². The van der Waals surface area contributed by atoms with Crippen molar-refractivity contribution < 1.29 is 27.8 Å². The summed E-state index contributed by atoms with van der Waals surface area (Å²) in [7, 11) is 0. The molecule has 1 aliphatic carbocycles. The highest BCUT2D eigenvalue weighted by atomic mass is 19.2. The molecule has 0 saturated heterocycles. The summed E-state index contributed by atoms with van der Waals surface area (Å²) in [6.45, 7) is 4.03. The minimum Gasteiger partial charge on any atom is -0.505 e. The second-order valence-electron chi connectivity index (χ2n) is 7.27. The van der Waals surface area contributed by atoms with Gasteiger partial charge in [0.1, 0.15) is 11.6 Å². The summed E-state index contributed by atoms with van der Waals surface area (Å²) in [5, 5.41) is 9.17. The van der Waals surface area contributed by atoms with E-state index in [0.717, 1.165) is 18.9 Å². The first kappa shape index (κ1) is 21.2. The van der Waals surface area contributed by atoms with Crippen LogP contribution in [0.15, 0.2) is 43.0 Å². The van der Waals surface area contributed by atoms with Crippen LogP contribution in [-0.4, -0.2) is 17.8 Å². The number of benzene rings is 2. The van der Waals surface area contributed by atoms with Gasteiger partial charge in [-0.2, -0.15) is 4.39 Å². The summed E-state index contributed by atoms with van der Waals surface area (Å²) in [6, 6.07) is 7.41. The van der Waals surface area contributed by atoms with E-state index in [9.17, 15) is 18.3 Å². The molecule has 0 heterocycles. The van der Waals surface area contributed by atoms with Crippen LogP contribution in [0.25, 0.3) is 0 Å². The molecule has 0 radical (unpaired) electrons. The quantitative estimate of drug-likeness (QED) is 0.431. The number of phenols is 1. The van der Waals surface area contributed by atoms with Crippen molar-refractivity contribution in [2.24, 2.45) is 0 Å². The zero-order valence-corrected chi connectivity index (χ0v) is 16.2. The zero-order chi connectivity index (χ0) is 20.8. The maximum atomic E-state index is 14.5. The Hall–Kier alpha value is -2.47. The highest BCUT2D eigenvalue weighted by Gasteiger charge is 2.25. The van der Waals surface area contributed by atoms with Crippen LogP contribution >= 0.6 is 0 Å². The van der Waals surface area contributed by atoms with Crippen molar-refractivity contribution in [1.82, 2.24) is 0 Å². The van der Waals surface area contributed by atoms with Gasteiger partial charge in [-0.3, -0.25) is 0 Å². The predicted octanol–water partition coefficient (Wildman–Crippen LogP) is 6.01. The average molecular weight is 406 g/mol.